The molecule has 0 aliphatic carbocycles. The van der Waals surface area contributed by atoms with Crippen molar-refractivity contribution < 1.29 is 32.9 Å². The molecule has 48 heavy (non-hydrogen) atoms. The van der Waals surface area contributed by atoms with Gasteiger partial charge in [0.05, 0.1) is 39.9 Å². The zero-order valence-electron chi connectivity index (χ0n) is 30.4. The fourth-order valence-electron chi connectivity index (χ4n) is 3.97. The molecule has 0 fully saturated rings. The number of nitrogens with zero attached hydrogens (tertiary/aromatic N) is 1. The normalized spacial score (nSPS) is 15.9. The van der Waals surface area contributed by atoms with Gasteiger partial charge in [-0.3, -0.25) is 13.8 Å². The number of amides is 1. The first-order chi connectivity index (χ1) is 23.0. The summed E-state index contributed by atoms with van der Waals surface area (Å²) >= 11 is 0. The van der Waals surface area contributed by atoms with Crippen molar-refractivity contribution in [1.29, 1.82) is 0 Å². The molecule has 8 nitrogen and oxygen atoms in total. The highest BCUT2D eigenvalue weighted by molar-refractivity contribution is 7.47. The van der Waals surface area contributed by atoms with Gasteiger partial charge in [0.25, 0.3) is 0 Å². The molecule has 0 aromatic carbocycles. The van der Waals surface area contributed by atoms with Crippen LogP contribution in [0.4, 0.5) is 0 Å². The minimum Gasteiger partial charge on any atom is -0.387 e. The van der Waals surface area contributed by atoms with E-state index in [4.69, 9.17) is 9.05 Å². The molecule has 9 heteroatoms. The summed E-state index contributed by atoms with van der Waals surface area (Å²) in [5.74, 6) is -0.327. The number of phosphoric acid groups is 1. The first-order valence-corrected chi connectivity index (χ1v) is 19.1. The number of quaternary nitrogens is 1. The average Bonchev–Trinajstić information content (AvgIpc) is 3.02. The molecule has 0 aromatic rings. The number of rotatable bonds is 29. The van der Waals surface area contributed by atoms with E-state index in [1.807, 2.05) is 39.4 Å². The highest BCUT2D eigenvalue weighted by Gasteiger charge is 2.27. The third-order valence-electron chi connectivity index (χ3n) is 6.78. The first-order valence-electron chi connectivity index (χ1n) is 17.6. The molecule has 272 valence electrons. The lowest BCUT2D eigenvalue weighted by molar-refractivity contribution is -0.870. The van der Waals surface area contributed by atoms with Gasteiger partial charge in [-0.2, -0.15) is 0 Å². The third-order valence-corrected chi connectivity index (χ3v) is 7.76. The minimum atomic E-state index is -4.37. The number of carbonyl (C=O) groups is 1. The Labute approximate surface area is 292 Å². The predicted octanol–water partition coefficient (Wildman–Crippen LogP) is 8.84. The number of phosphoric ester groups is 1. The van der Waals surface area contributed by atoms with E-state index in [0.717, 1.165) is 57.8 Å². The van der Waals surface area contributed by atoms with E-state index in [9.17, 15) is 19.4 Å². The Bertz CT molecular complexity index is 1100. The van der Waals surface area contributed by atoms with Crippen LogP contribution in [0.1, 0.15) is 90.9 Å². The van der Waals surface area contributed by atoms with Gasteiger partial charge in [0.2, 0.25) is 5.91 Å². The standard InChI is InChI=1S/C39H65N2O6P/c1-6-8-10-12-14-16-18-19-20-21-23-25-27-29-31-33-39(43)40-37(36-47-48(44,45)46-35-34-41(3,4)5)38(42)32-30-28-26-24-22-17-15-13-11-9-7-2/h8,10-11,13-14,16,19-20,22-25,29-32,37-38,42H,6-7,9,12,15,17-18,21,26-28,33-36H2,1-5H3,(H-,40,43,44,45)/p+1/b10-8-,13-11+,16-14-,20-19-,24-22+,25-23-,31-29-,32-30+. The molecule has 0 heterocycles. The van der Waals surface area contributed by atoms with Crippen molar-refractivity contribution in [1.82, 2.24) is 5.32 Å². The molecule has 0 aromatic heterocycles. The zero-order chi connectivity index (χ0) is 35.8. The smallest absolute Gasteiger partial charge is 0.387 e. The van der Waals surface area contributed by atoms with Gasteiger partial charge < -0.3 is 19.8 Å². The van der Waals surface area contributed by atoms with Gasteiger partial charge in [-0.15, -0.1) is 0 Å². The minimum absolute atomic E-state index is 0.0311. The first kappa shape index (κ1) is 45.4. The summed E-state index contributed by atoms with van der Waals surface area (Å²) in [5.41, 5.74) is 0. The molecule has 0 aliphatic heterocycles. The maximum Gasteiger partial charge on any atom is 0.472 e. The van der Waals surface area contributed by atoms with E-state index in [2.05, 4.69) is 86.0 Å². The van der Waals surface area contributed by atoms with Gasteiger partial charge in [0.15, 0.2) is 0 Å². The largest absolute Gasteiger partial charge is 0.472 e. The number of likely N-dealkylation sites (N-methyl/N-ethyl adjacent to an activating group) is 1. The Morgan fingerprint density at radius 1 is 0.708 bits per heavy atom. The number of aliphatic hydroxyl groups is 1. The van der Waals surface area contributed by atoms with Crippen LogP contribution in [-0.2, 0) is 18.4 Å². The highest BCUT2D eigenvalue weighted by atomic mass is 31.2. The second-order valence-electron chi connectivity index (χ2n) is 12.5. The van der Waals surface area contributed by atoms with Crippen molar-refractivity contribution >= 4 is 13.7 Å². The van der Waals surface area contributed by atoms with E-state index < -0.39 is 20.0 Å². The summed E-state index contributed by atoms with van der Waals surface area (Å²) in [5, 5.41) is 13.6. The topological polar surface area (TPSA) is 105 Å². The van der Waals surface area contributed by atoms with E-state index in [-0.39, 0.29) is 25.5 Å². The summed E-state index contributed by atoms with van der Waals surface area (Å²) in [7, 11) is 1.46. The maximum absolute atomic E-state index is 12.7. The van der Waals surface area contributed by atoms with Crippen LogP contribution in [0.15, 0.2) is 97.2 Å². The summed E-state index contributed by atoms with van der Waals surface area (Å²) in [6, 6.07) is -0.926. The molecule has 0 spiro atoms. The van der Waals surface area contributed by atoms with Crippen molar-refractivity contribution in [3.05, 3.63) is 97.2 Å². The molecule has 3 N–H and O–H groups in total. The molecule has 0 saturated heterocycles. The zero-order valence-corrected chi connectivity index (χ0v) is 31.3. The fourth-order valence-corrected chi connectivity index (χ4v) is 4.70. The number of hydrogen-bond acceptors (Lipinski definition) is 5. The van der Waals surface area contributed by atoms with Crippen LogP contribution in [0.3, 0.4) is 0 Å². The van der Waals surface area contributed by atoms with Crippen molar-refractivity contribution in [3.63, 3.8) is 0 Å². The van der Waals surface area contributed by atoms with Crippen LogP contribution >= 0.6 is 7.82 Å². The fraction of sp³-hybridized carbons (Fsp3) is 0.564. The average molecular weight is 690 g/mol. The van der Waals surface area contributed by atoms with Crippen LogP contribution in [0.5, 0.6) is 0 Å². The molecule has 0 radical (unpaired) electrons. The number of hydrogen-bond donors (Lipinski definition) is 3. The van der Waals surface area contributed by atoms with Crippen molar-refractivity contribution in [3.8, 4) is 0 Å². The molecule has 0 bridgehead atoms. The van der Waals surface area contributed by atoms with E-state index in [1.165, 1.54) is 0 Å². The molecule has 3 unspecified atom stereocenters. The second kappa shape index (κ2) is 30.5. The van der Waals surface area contributed by atoms with Gasteiger partial charge in [-0.25, -0.2) is 4.57 Å². The Morgan fingerprint density at radius 2 is 1.19 bits per heavy atom. The maximum atomic E-state index is 12.7. The number of unbranched alkanes of at least 4 members (excludes halogenated alkanes) is 3. The number of aliphatic hydroxyl groups excluding tert-OH is 1. The Balaban J connectivity index is 4.84. The lowest BCUT2D eigenvalue weighted by Crippen LogP contribution is -2.45. The number of allylic oxidation sites excluding steroid dienone is 14. The second-order valence-corrected chi connectivity index (χ2v) is 14.0. The van der Waals surface area contributed by atoms with Crippen molar-refractivity contribution in [2.24, 2.45) is 0 Å². The van der Waals surface area contributed by atoms with Crippen molar-refractivity contribution in [2.45, 2.75) is 103 Å². The predicted molar refractivity (Wildman–Crippen MR) is 202 cm³/mol. The quantitative estimate of drug-likeness (QED) is 0.0314. The van der Waals surface area contributed by atoms with Gasteiger partial charge in [0.1, 0.15) is 13.2 Å². The highest BCUT2D eigenvalue weighted by Crippen LogP contribution is 2.43. The number of nitrogens with one attached hydrogen (secondary N) is 1. The lowest BCUT2D eigenvalue weighted by Gasteiger charge is -2.25. The van der Waals surface area contributed by atoms with E-state index in [0.29, 0.717) is 23.9 Å². The summed E-state index contributed by atoms with van der Waals surface area (Å²) in [4.78, 5) is 22.8. The van der Waals surface area contributed by atoms with Crippen LogP contribution in [0, 0.1) is 0 Å². The van der Waals surface area contributed by atoms with Gasteiger partial charge in [-0.05, 0) is 64.2 Å². The summed E-state index contributed by atoms with van der Waals surface area (Å²) in [6.07, 6.45) is 42.3. The Hall–Kier alpha value is -2.58. The molecule has 3 atom stereocenters. The van der Waals surface area contributed by atoms with Crippen molar-refractivity contribution in [2.75, 3.05) is 40.9 Å². The Morgan fingerprint density at radius 3 is 1.69 bits per heavy atom. The van der Waals surface area contributed by atoms with E-state index >= 15 is 0 Å². The lowest BCUT2D eigenvalue weighted by atomic mass is 10.1. The summed E-state index contributed by atoms with van der Waals surface area (Å²) in [6.45, 7) is 4.46. The van der Waals surface area contributed by atoms with Crippen LogP contribution < -0.4 is 5.32 Å². The van der Waals surface area contributed by atoms with Gasteiger partial charge >= 0.3 is 7.82 Å². The summed E-state index contributed by atoms with van der Waals surface area (Å²) < 4.78 is 23.3. The third kappa shape index (κ3) is 32.0. The molecule has 0 saturated carbocycles. The molecule has 1 amide bonds. The SMILES string of the molecule is CC/C=C\C/C=C\C/C=C\C/C=C\C/C=C\CC(=O)NC(COP(=O)(O)OCC[N+](C)(C)C)C(O)/C=C/CC/C=C/CC/C=C/CCC. The van der Waals surface area contributed by atoms with Crippen LogP contribution in [0.2, 0.25) is 0 Å². The number of carbonyl (C=O) groups excluding carboxylic acids is 1. The monoisotopic (exact) mass is 689 g/mol. The molecule has 0 aliphatic rings. The van der Waals surface area contributed by atoms with Gasteiger partial charge in [0, 0.05) is 6.42 Å². The molecular weight excluding hydrogens is 623 g/mol. The van der Waals surface area contributed by atoms with Gasteiger partial charge in [-0.1, -0.05) is 117 Å². The van der Waals surface area contributed by atoms with E-state index in [1.54, 1.807) is 12.2 Å². The van der Waals surface area contributed by atoms with Crippen LogP contribution in [-0.4, -0.2) is 73.4 Å². The molecule has 0 rings (SSSR count). The Kier molecular flexibility index (Phi) is 28.8. The van der Waals surface area contributed by atoms with Crippen LogP contribution in [0.25, 0.3) is 0 Å². The molecular formula is C39H66N2O6P+.